The van der Waals surface area contributed by atoms with E-state index in [1.807, 2.05) is 6.92 Å². The molecule has 1 saturated heterocycles. The number of hydrogen-bond donors (Lipinski definition) is 2. The number of nitrogens with one attached hydrogen (secondary N) is 2. The molecule has 2 heterocycles. The zero-order valence-corrected chi connectivity index (χ0v) is 22.9. The number of anilines is 5. The Kier molecular flexibility index (Phi) is 7.33. The lowest BCUT2D eigenvalue weighted by atomic mass is 10.2. The van der Waals surface area contributed by atoms with Crippen molar-refractivity contribution >= 4 is 57.9 Å². The number of likely N-dealkylation sites (N-methyl/N-ethyl adjacent to an activating group) is 1. The van der Waals surface area contributed by atoms with Crippen LogP contribution in [-0.2, 0) is 0 Å². The number of benzene rings is 2. The van der Waals surface area contributed by atoms with E-state index in [0.29, 0.717) is 23.7 Å². The SMILES string of the molecule is [2H]C1([2H])CN(CC)CC([2H])([2H])N1c1ccc(Nc2cc(N(C)C(=O)Nc3c(Cl)c(OC)cc(OC)c3Cl)ncn2)cc1. The fourth-order valence-electron chi connectivity index (χ4n) is 3.59. The first kappa shape index (κ1) is 22.5. The Labute approximate surface area is 238 Å². The third-order valence-corrected chi connectivity index (χ3v) is 6.61. The molecule has 1 aliphatic heterocycles. The van der Waals surface area contributed by atoms with Crippen molar-refractivity contribution in [1.82, 2.24) is 14.9 Å². The van der Waals surface area contributed by atoms with Crippen molar-refractivity contribution in [2.45, 2.75) is 6.92 Å². The maximum Gasteiger partial charge on any atom is 0.327 e. The number of nitrogens with zero attached hydrogens (tertiary/aromatic N) is 5. The van der Waals surface area contributed by atoms with Crippen molar-refractivity contribution in [1.29, 1.82) is 0 Å². The van der Waals surface area contributed by atoms with Crippen LogP contribution in [0.1, 0.15) is 12.4 Å². The molecule has 1 fully saturated rings. The average molecular weight is 565 g/mol. The summed E-state index contributed by atoms with van der Waals surface area (Å²) >= 11 is 12.8. The molecule has 0 aliphatic carbocycles. The maximum atomic E-state index is 13.1. The Balaban J connectivity index is 1.49. The van der Waals surface area contributed by atoms with E-state index in [4.69, 9.17) is 38.2 Å². The van der Waals surface area contributed by atoms with Gasteiger partial charge in [0.1, 0.15) is 39.5 Å². The number of aromatic nitrogens is 2. The Bertz CT molecular complexity index is 1400. The smallest absolute Gasteiger partial charge is 0.327 e. The summed E-state index contributed by atoms with van der Waals surface area (Å²) in [5, 5.41) is 6.00. The van der Waals surface area contributed by atoms with Gasteiger partial charge < -0.3 is 29.9 Å². The van der Waals surface area contributed by atoms with Crippen molar-refractivity contribution in [3.05, 3.63) is 52.8 Å². The van der Waals surface area contributed by atoms with Gasteiger partial charge in [0.25, 0.3) is 0 Å². The molecule has 38 heavy (non-hydrogen) atoms. The fourth-order valence-corrected chi connectivity index (χ4v) is 4.19. The summed E-state index contributed by atoms with van der Waals surface area (Å²) in [6, 6.07) is 9.18. The van der Waals surface area contributed by atoms with Gasteiger partial charge in [0.2, 0.25) is 0 Å². The highest BCUT2D eigenvalue weighted by molar-refractivity contribution is 6.41. The van der Waals surface area contributed by atoms with E-state index in [2.05, 4.69) is 20.6 Å². The number of carbonyl (C=O) groups excluding carboxylic acids is 1. The Morgan fingerprint density at radius 1 is 1.08 bits per heavy atom. The molecule has 0 atom stereocenters. The van der Waals surface area contributed by atoms with Crippen LogP contribution in [0.3, 0.4) is 0 Å². The first-order chi connectivity index (χ1) is 19.8. The molecule has 0 radical (unpaired) electrons. The summed E-state index contributed by atoms with van der Waals surface area (Å²) < 4.78 is 44.5. The van der Waals surface area contributed by atoms with E-state index in [-0.39, 0.29) is 46.1 Å². The molecule has 2 aromatic carbocycles. The number of rotatable bonds is 8. The van der Waals surface area contributed by atoms with Gasteiger partial charge in [0.15, 0.2) is 0 Å². The molecule has 0 bridgehead atoms. The van der Waals surface area contributed by atoms with Crippen molar-refractivity contribution in [2.24, 2.45) is 0 Å². The summed E-state index contributed by atoms with van der Waals surface area (Å²) in [6.45, 7) is -1.16. The highest BCUT2D eigenvalue weighted by atomic mass is 35.5. The number of piperazine rings is 1. The van der Waals surface area contributed by atoms with Crippen LogP contribution < -0.4 is 29.9 Å². The summed E-state index contributed by atoms with van der Waals surface area (Å²) in [6.07, 6.45) is 1.29. The number of ether oxygens (including phenoxy) is 2. The zero-order chi connectivity index (χ0) is 30.8. The van der Waals surface area contributed by atoms with Crippen molar-refractivity contribution in [3.8, 4) is 11.5 Å². The second-order valence-corrected chi connectivity index (χ2v) is 8.92. The molecule has 10 nitrogen and oxygen atoms in total. The normalized spacial score (nSPS) is 17.9. The lowest BCUT2D eigenvalue weighted by molar-refractivity contribution is 0.258. The minimum atomic E-state index is -1.90. The van der Waals surface area contributed by atoms with Crippen LogP contribution in [0.5, 0.6) is 11.5 Å². The third-order valence-electron chi connectivity index (χ3n) is 5.86. The van der Waals surface area contributed by atoms with E-state index >= 15 is 0 Å². The molecule has 0 saturated carbocycles. The van der Waals surface area contributed by atoms with Crippen molar-refractivity contribution in [2.75, 3.05) is 74.3 Å². The average Bonchev–Trinajstić information content (AvgIpc) is 2.94. The van der Waals surface area contributed by atoms with Gasteiger partial charge in [0.05, 0.1) is 25.4 Å². The second-order valence-electron chi connectivity index (χ2n) is 8.16. The van der Waals surface area contributed by atoms with Gasteiger partial charge in [-0.05, 0) is 30.8 Å². The standard InChI is InChI=1S/C26H31Cl2N7O3/c1-5-34-10-12-35(13-11-34)18-8-6-17(7-9-18)31-21-15-22(30-16-29-21)33(2)26(36)32-25-23(27)19(37-3)14-20(38-4)24(25)28/h6-9,14-16H,5,10-13H2,1-4H3,(H,32,36)(H,29,30,31)/i12D2,13D2. The minimum Gasteiger partial charge on any atom is -0.495 e. The van der Waals surface area contributed by atoms with Gasteiger partial charge in [-0.25, -0.2) is 14.8 Å². The van der Waals surface area contributed by atoms with Crippen LogP contribution in [-0.4, -0.2) is 74.8 Å². The highest BCUT2D eigenvalue weighted by Crippen LogP contribution is 2.44. The minimum absolute atomic E-state index is 0.0948. The lowest BCUT2D eigenvalue weighted by Gasteiger charge is -2.35. The van der Waals surface area contributed by atoms with Crippen LogP contribution in [0.15, 0.2) is 42.7 Å². The van der Waals surface area contributed by atoms with Crippen LogP contribution >= 0.6 is 23.2 Å². The Morgan fingerprint density at radius 3 is 2.29 bits per heavy atom. The number of urea groups is 1. The summed E-state index contributed by atoms with van der Waals surface area (Å²) in [4.78, 5) is 25.7. The fraction of sp³-hybridized carbons (Fsp3) is 0.346. The Morgan fingerprint density at radius 2 is 1.71 bits per heavy atom. The maximum absolute atomic E-state index is 13.1. The molecule has 1 aliphatic rings. The molecule has 202 valence electrons. The van der Waals surface area contributed by atoms with Gasteiger partial charge >= 0.3 is 6.03 Å². The van der Waals surface area contributed by atoms with Gasteiger partial charge in [0, 0.05) is 56.6 Å². The molecule has 2 amide bonds. The van der Waals surface area contributed by atoms with E-state index in [0.717, 1.165) is 0 Å². The monoisotopic (exact) mass is 563 g/mol. The number of carbonyl (C=O) groups is 1. The van der Waals surface area contributed by atoms with Gasteiger partial charge in [-0.1, -0.05) is 30.1 Å². The number of halogens is 2. The first-order valence-corrected chi connectivity index (χ1v) is 12.4. The van der Waals surface area contributed by atoms with Gasteiger partial charge in [-0.3, -0.25) is 4.90 Å². The third kappa shape index (κ3) is 6.15. The van der Waals surface area contributed by atoms with E-state index in [9.17, 15) is 4.79 Å². The van der Waals surface area contributed by atoms with E-state index in [1.165, 1.54) is 43.5 Å². The molecular formula is C26H31Cl2N7O3. The van der Waals surface area contributed by atoms with Crippen molar-refractivity contribution in [3.63, 3.8) is 0 Å². The molecule has 4 rings (SSSR count). The van der Waals surface area contributed by atoms with Crippen LogP contribution in [0.25, 0.3) is 0 Å². The van der Waals surface area contributed by atoms with Crippen LogP contribution in [0.4, 0.5) is 33.5 Å². The first-order valence-electron chi connectivity index (χ1n) is 13.7. The highest BCUT2D eigenvalue weighted by Gasteiger charge is 2.22. The zero-order valence-electron chi connectivity index (χ0n) is 25.4. The molecule has 0 spiro atoms. The Hall–Kier alpha value is -3.47. The predicted octanol–water partition coefficient (Wildman–Crippen LogP) is 5.35. The van der Waals surface area contributed by atoms with E-state index < -0.39 is 19.0 Å². The number of amides is 2. The number of hydrogen-bond acceptors (Lipinski definition) is 8. The van der Waals surface area contributed by atoms with Crippen molar-refractivity contribution < 1.29 is 19.8 Å². The summed E-state index contributed by atoms with van der Waals surface area (Å²) in [7, 11) is 4.37. The molecule has 1 aromatic heterocycles. The summed E-state index contributed by atoms with van der Waals surface area (Å²) in [5.74, 6) is 1.18. The van der Waals surface area contributed by atoms with Crippen LogP contribution in [0.2, 0.25) is 10.0 Å². The number of methoxy groups -OCH3 is 2. The molecule has 3 aromatic rings. The second kappa shape index (κ2) is 12.4. The lowest BCUT2D eigenvalue weighted by Crippen LogP contribution is -2.46. The predicted molar refractivity (Wildman–Crippen MR) is 153 cm³/mol. The van der Waals surface area contributed by atoms with E-state index in [1.54, 1.807) is 35.2 Å². The van der Waals surface area contributed by atoms with Crippen LogP contribution in [0, 0.1) is 0 Å². The molecular weight excluding hydrogens is 529 g/mol. The largest absolute Gasteiger partial charge is 0.495 e. The summed E-state index contributed by atoms with van der Waals surface area (Å²) in [5.41, 5.74) is 1.15. The molecule has 2 N–H and O–H groups in total. The molecule has 0 unspecified atom stereocenters. The van der Waals surface area contributed by atoms with Gasteiger partial charge in [-0.2, -0.15) is 0 Å². The van der Waals surface area contributed by atoms with Gasteiger partial charge in [-0.15, -0.1) is 0 Å². The topological polar surface area (TPSA) is 95.1 Å². The quantitative estimate of drug-likeness (QED) is 0.378. The molecule has 12 heteroatoms.